The number of nitrogens with zero attached hydrogens (tertiary/aromatic N) is 3. The SMILES string of the molecule is Cc1cc(Nc2ncc(Cl)c(Nc3ccccc3S(=O)(=O)C(C)C)n2)c(OC(C)C)cc1N1CCNCC1. The maximum absolute atomic E-state index is 12.9. The number of rotatable bonds is 9. The second-order valence-electron chi connectivity index (χ2n) is 9.77. The predicted octanol–water partition coefficient (Wildman–Crippen LogP) is 5.30. The van der Waals surface area contributed by atoms with E-state index in [9.17, 15) is 8.42 Å². The number of hydrogen-bond donors (Lipinski definition) is 3. The predicted molar refractivity (Wildman–Crippen MR) is 154 cm³/mol. The van der Waals surface area contributed by atoms with E-state index in [1.807, 2.05) is 19.9 Å². The van der Waals surface area contributed by atoms with Gasteiger partial charge >= 0.3 is 0 Å². The van der Waals surface area contributed by atoms with Crippen LogP contribution in [0.1, 0.15) is 33.3 Å². The van der Waals surface area contributed by atoms with Gasteiger partial charge in [-0.15, -0.1) is 0 Å². The molecule has 2 heterocycles. The van der Waals surface area contributed by atoms with E-state index in [2.05, 4.69) is 43.8 Å². The third-order valence-electron chi connectivity index (χ3n) is 6.18. The van der Waals surface area contributed by atoms with Crippen LogP contribution in [-0.4, -0.2) is 55.9 Å². The van der Waals surface area contributed by atoms with Crippen LogP contribution in [0.25, 0.3) is 0 Å². The topological polar surface area (TPSA) is 108 Å². The number of aryl methyl sites for hydroxylation is 1. The Hall–Kier alpha value is -3.08. The number of ether oxygens (including phenoxy) is 1. The highest BCUT2D eigenvalue weighted by molar-refractivity contribution is 7.92. The molecule has 1 fully saturated rings. The minimum Gasteiger partial charge on any atom is -0.489 e. The zero-order valence-electron chi connectivity index (χ0n) is 22.4. The first-order chi connectivity index (χ1) is 18.1. The minimum absolute atomic E-state index is 0.0306. The number of nitrogens with one attached hydrogen (secondary N) is 3. The molecular weight excluding hydrogens is 524 g/mol. The molecule has 1 aromatic heterocycles. The van der Waals surface area contributed by atoms with Crippen molar-refractivity contribution in [1.29, 1.82) is 0 Å². The first-order valence-electron chi connectivity index (χ1n) is 12.7. The van der Waals surface area contributed by atoms with Crippen LogP contribution < -0.4 is 25.6 Å². The quantitative estimate of drug-likeness (QED) is 0.322. The molecule has 9 nitrogen and oxygen atoms in total. The summed E-state index contributed by atoms with van der Waals surface area (Å²) in [7, 11) is -3.52. The van der Waals surface area contributed by atoms with Gasteiger partial charge in [-0.1, -0.05) is 23.7 Å². The highest BCUT2D eigenvalue weighted by Crippen LogP contribution is 2.36. The maximum Gasteiger partial charge on any atom is 0.229 e. The van der Waals surface area contributed by atoms with Gasteiger partial charge in [0.1, 0.15) is 10.8 Å². The molecule has 1 aliphatic heterocycles. The van der Waals surface area contributed by atoms with E-state index in [1.165, 1.54) is 6.20 Å². The molecule has 0 bridgehead atoms. The molecule has 0 spiro atoms. The van der Waals surface area contributed by atoms with Crippen molar-refractivity contribution in [3.63, 3.8) is 0 Å². The normalized spacial score (nSPS) is 14.2. The molecule has 0 radical (unpaired) electrons. The van der Waals surface area contributed by atoms with Gasteiger partial charge in [-0.2, -0.15) is 4.98 Å². The summed E-state index contributed by atoms with van der Waals surface area (Å²) in [4.78, 5) is 11.4. The van der Waals surface area contributed by atoms with E-state index in [-0.39, 0.29) is 21.8 Å². The number of sulfone groups is 1. The largest absolute Gasteiger partial charge is 0.489 e. The summed E-state index contributed by atoms with van der Waals surface area (Å²) in [6, 6.07) is 10.8. The Kier molecular flexibility index (Phi) is 8.64. The lowest BCUT2D eigenvalue weighted by atomic mass is 10.1. The third-order valence-corrected chi connectivity index (χ3v) is 8.66. The van der Waals surface area contributed by atoms with Crippen molar-refractivity contribution in [3.05, 3.63) is 53.2 Å². The standard InChI is InChI=1S/C27H35ClN6O3S/c1-17(2)37-24-15-23(34-12-10-29-11-13-34)19(5)14-22(24)32-27-30-16-20(28)26(33-27)31-21-8-6-7-9-25(21)38(35,36)18(3)4/h6-9,14-18,29H,10-13H2,1-5H3,(H2,30,31,32,33). The fourth-order valence-electron chi connectivity index (χ4n) is 4.21. The fraction of sp³-hybridized carbons (Fsp3) is 0.407. The Morgan fingerprint density at radius 3 is 2.45 bits per heavy atom. The summed E-state index contributed by atoms with van der Waals surface area (Å²) in [5.41, 5.74) is 3.36. The van der Waals surface area contributed by atoms with Crippen LogP contribution >= 0.6 is 11.6 Å². The molecule has 4 rings (SSSR count). The summed E-state index contributed by atoms with van der Waals surface area (Å²) in [6.07, 6.45) is 1.45. The van der Waals surface area contributed by atoms with Crippen molar-refractivity contribution >= 4 is 50.3 Å². The zero-order valence-corrected chi connectivity index (χ0v) is 23.9. The Morgan fingerprint density at radius 1 is 1.05 bits per heavy atom. The first kappa shape index (κ1) is 27.9. The van der Waals surface area contributed by atoms with E-state index in [0.29, 0.717) is 17.4 Å². The van der Waals surface area contributed by atoms with Gasteiger partial charge in [-0.3, -0.25) is 0 Å². The minimum atomic E-state index is -3.52. The molecule has 1 saturated heterocycles. The summed E-state index contributed by atoms with van der Waals surface area (Å²) in [5, 5.41) is 9.44. The Bertz CT molecular complexity index is 1390. The first-order valence-corrected chi connectivity index (χ1v) is 14.6. The molecule has 0 amide bonds. The summed E-state index contributed by atoms with van der Waals surface area (Å²) in [5.74, 6) is 1.28. The number of para-hydroxylation sites is 1. The van der Waals surface area contributed by atoms with Crippen molar-refractivity contribution in [1.82, 2.24) is 15.3 Å². The van der Waals surface area contributed by atoms with E-state index in [4.69, 9.17) is 16.3 Å². The van der Waals surface area contributed by atoms with Crippen LogP contribution in [0, 0.1) is 6.92 Å². The third kappa shape index (κ3) is 6.31. The van der Waals surface area contributed by atoms with E-state index in [1.54, 1.807) is 38.1 Å². The summed E-state index contributed by atoms with van der Waals surface area (Å²) >= 11 is 6.41. The van der Waals surface area contributed by atoms with Crippen LogP contribution in [-0.2, 0) is 9.84 Å². The maximum atomic E-state index is 12.9. The molecule has 2 aromatic carbocycles. The van der Waals surface area contributed by atoms with E-state index in [0.717, 1.165) is 43.1 Å². The van der Waals surface area contributed by atoms with Crippen LogP contribution in [0.5, 0.6) is 5.75 Å². The lowest BCUT2D eigenvalue weighted by Crippen LogP contribution is -2.43. The lowest BCUT2D eigenvalue weighted by molar-refractivity contribution is 0.244. The number of halogens is 1. The molecule has 0 unspecified atom stereocenters. The Morgan fingerprint density at radius 2 is 1.76 bits per heavy atom. The van der Waals surface area contributed by atoms with Gasteiger partial charge in [-0.25, -0.2) is 13.4 Å². The average Bonchev–Trinajstić information content (AvgIpc) is 2.88. The van der Waals surface area contributed by atoms with Crippen LogP contribution in [0.15, 0.2) is 47.5 Å². The van der Waals surface area contributed by atoms with Crippen LogP contribution in [0.4, 0.5) is 28.8 Å². The average molecular weight is 559 g/mol. The van der Waals surface area contributed by atoms with Gasteiger partial charge in [0.25, 0.3) is 0 Å². The molecule has 1 aliphatic rings. The number of anilines is 5. The van der Waals surface area contributed by atoms with E-state index >= 15 is 0 Å². The molecule has 3 N–H and O–H groups in total. The number of aromatic nitrogens is 2. The smallest absolute Gasteiger partial charge is 0.229 e. The highest BCUT2D eigenvalue weighted by Gasteiger charge is 2.23. The van der Waals surface area contributed by atoms with Gasteiger partial charge in [0.05, 0.1) is 33.8 Å². The monoisotopic (exact) mass is 558 g/mol. The van der Waals surface area contributed by atoms with Crippen molar-refractivity contribution < 1.29 is 13.2 Å². The zero-order chi connectivity index (χ0) is 27.4. The van der Waals surface area contributed by atoms with Gasteiger partial charge in [0.15, 0.2) is 15.7 Å². The van der Waals surface area contributed by atoms with Gasteiger partial charge < -0.3 is 25.6 Å². The van der Waals surface area contributed by atoms with Crippen LogP contribution in [0.3, 0.4) is 0 Å². The van der Waals surface area contributed by atoms with Gasteiger partial charge in [0.2, 0.25) is 5.95 Å². The summed E-state index contributed by atoms with van der Waals surface area (Å²) < 4.78 is 32.0. The molecule has 0 atom stereocenters. The van der Waals surface area contributed by atoms with Crippen molar-refractivity contribution in [2.75, 3.05) is 41.7 Å². The number of benzene rings is 2. The van der Waals surface area contributed by atoms with Crippen molar-refractivity contribution in [2.24, 2.45) is 0 Å². The molecule has 11 heteroatoms. The van der Waals surface area contributed by atoms with Gasteiger partial charge in [0, 0.05) is 37.9 Å². The molecule has 3 aromatic rings. The summed E-state index contributed by atoms with van der Waals surface area (Å²) in [6.45, 7) is 13.1. The number of hydrogen-bond acceptors (Lipinski definition) is 9. The Balaban J connectivity index is 1.66. The second kappa shape index (κ2) is 11.8. The molecular formula is C27H35ClN6O3S. The second-order valence-corrected chi connectivity index (χ2v) is 12.6. The van der Waals surface area contributed by atoms with Crippen molar-refractivity contribution in [2.45, 2.75) is 50.9 Å². The molecule has 0 aliphatic carbocycles. The highest BCUT2D eigenvalue weighted by atomic mass is 35.5. The fourth-order valence-corrected chi connectivity index (χ4v) is 5.55. The van der Waals surface area contributed by atoms with Gasteiger partial charge in [-0.05, 0) is 58.4 Å². The number of piperazine rings is 1. The van der Waals surface area contributed by atoms with Crippen molar-refractivity contribution in [3.8, 4) is 5.75 Å². The Labute approximate surface area is 229 Å². The molecule has 0 saturated carbocycles. The molecule has 204 valence electrons. The van der Waals surface area contributed by atoms with Crippen LogP contribution in [0.2, 0.25) is 5.02 Å². The lowest BCUT2D eigenvalue weighted by Gasteiger charge is -2.31. The van der Waals surface area contributed by atoms with E-state index < -0.39 is 15.1 Å². The molecule has 38 heavy (non-hydrogen) atoms.